The molecule has 0 heterocycles. The zero-order valence-electron chi connectivity index (χ0n) is 7.85. The molecule has 0 fully saturated rings. The molecule has 64 valence electrons. The number of hydrogen-bond acceptors (Lipinski definition) is 1. The molecule has 0 rings (SSSR count). The first kappa shape index (κ1) is 10.4. The van der Waals surface area contributed by atoms with E-state index < -0.39 is 0 Å². The van der Waals surface area contributed by atoms with Crippen molar-refractivity contribution in [1.82, 2.24) is 0 Å². The van der Waals surface area contributed by atoms with Crippen molar-refractivity contribution in [3.05, 3.63) is 23.8 Å². The van der Waals surface area contributed by atoms with Gasteiger partial charge in [0.05, 0.1) is 0 Å². The molecule has 0 aromatic rings. The molecule has 0 amide bonds. The third kappa shape index (κ3) is 5.86. The van der Waals surface area contributed by atoms with E-state index in [9.17, 15) is 0 Å². The Kier molecular flexibility index (Phi) is 4.88. The van der Waals surface area contributed by atoms with Crippen LogP contribution in [0.2, 0.25) is 0 Å². The predicted octanol–water partition coefficient (Wildman–Crippen LogP) is 2.64. The van der Waals surface area contributed by atoms with Crippen molar-refractivity contribution in [3.63, 3.8) is 0 Å². The molecule has 0 saturated heterocycles. The van der Waals surface area contributed by atoms with Crippen molar-refractivity contribution in [2.45, 2.75) is 39.7 Å². The van der Waals surface area contributed by atoms with E-state index in [1.54, 1.807) is 0 Å². The van der Waals surface area contributed by atoms with Gasteiger partial charge in [0.1, 0.15) is 0 Å². The van der Waals surface area contributed by atoms with Gasteiger partial charge in [0, 0.05) is 6.04 Å². The van der Waals surface area contributed by atoms with Crippen molar-refractivity contribution in [1.29, 1.82) is 0 Å². The minimum absolute atomic E-state index is 0.160. The minimum atomic E-state index is 0.160. The molecule has 2 N–H and O–H groups in total. The van der Waals surface area contributed by atoms with Gasteiger partial charge in [-0.1, -0.05) is 24.1 Å². The quantitative estimate of drug-likeness (QED) is 0.617. The Balaban J connectivity index is 3.85. The minimum Gasteiger partial charge on any atom is -0.324 e. The predicted molar refractivity (Wildman–Crippen MR) is 51.5 cm³/mol. The van der Waals surface area contributed by atoms with Crippen LogP contribution < -0.4 is 5.73 Å². The van der Waals surface area contributed by atoms with Crippen LogP contribution in [-0.2, 0) is 0 Å². The molecule has 1 heteroatoms. The molecular weight excluding hydrogens is 134 g/mol. The van der Waals surface area contributed by atoms with Crippen molar-refractivity contribution in [2.24, 2.45) is 5.73 Å². The molecule has 0 aliphatic carbocycles. The Labute approximate surface area is 70.0 Å². The third-order valence-electron chi connectivity index (χ3n) is 1.64. The summed E-state index contributed by atoms with van der Waals surface area (Å²) in [5, 5.41) is 0. The second-order valence-corrected chi connectivity index (χ2v) is 3.19. The van der Waals surface area contributed by atoms with Gasteiger partial charge in [-0.15, -0.1) is 6.58 Å². The van der Waals surface area contributed by atoms with Crippen LogP contribution in [0.1, 0.15) is 33.6 Å². The largest absolute Gasteiger partial charge is 0.324 e. The molecule has 0 aliphatic rings. The lowest BCUT2D eigenvalue weighted by molar-refractivity contribution is 0.791. The number of nitrogens with two attached hydrogens (primary N) is 1. The van der Waals surface area contributed by atoms with E-state index in [0.29, 0.717) is 0 Å². The van der Waals surface area contributed by atoms with E-state index in [2.05, 4.69) is 26.5 Å². The Morgan fingerprint density at radius 2 is 2.09 bits per heavy atom. The average Bonchev–Trinajstić information content (AvgIpc) is 1.85. The van der Waals surface area contributed by atoms with E-state index in [1.807, 2.05) is 6.92 Å². The third-order valence-corrected chi connectivity index (χ3v) is 1.64. The van der Waals surface area contributed by atoms with Gasteiger partial charge in [0.15, 0.2) is 0 Å². The van der Waals surface area contributed by atoms with Crippen LogP contribution in [0.25, 0.3) is 0 Å². The summed E-state index contributed by atoms with van der Waals surface area (Å²) in [5.41, 5.74) is 8.32. The number of allylic oxidation sites excluding steroid dienone is 1. The van der Waals surface area contributed by atoms with Crippen molar-refractivity contribution < 1.29 is 0 Å². The zero-order chi connectivity index (χ0) is 8.85. The summed E-state index contributed by atoms with van der Waals surface area (Å²) >= 11 is 0. The van der Waals surface area contributed by atoms with Crippen LogP contribution >= 0.6 is 0 Å². The lowest BCUT2D eigenvalue weighted by Crippen LogP contribution is -2.17. The fraction of sp³-hybridized carbons (Fsp3) is 0.600. The smallest absolute Gasteiger partial charge is 0.0263 e. The first-order chi connectivity index (χ1) is 5.06. The van der Waals surface area contributed by atoms with Crippen molar-refractivity contribution in [3.8, 4) is 0 Å². The fourth-order valence-electron chi connectivity index (χ4n) is 0.945. The summed E-state index contributed by atoms with van der Waals surface area (Å²) in [6.07, 6.45) is 4.11. The molecule has 1 atom stereocenters. The Morgan fingerprint density at radius 1 is 1.55 bits per heavy atom. The van der Waals surface area contributed by atoms with Gasteiger partial charge in [-0.25, -0.2) is 0 Å². The van der Waals surface area contributed by atoms with Crippen LogP contribution in [0, 0.1) is 0 Å². The van der Waals surface area contributed by atoms with E-state index in [1.165, 1.54) is 5.57 Å². The van der Waals surface area contributed by atoms with Crippen LogP contribution in [0.15, 0.2) is 23.8 Å². The summed E-state index contributed by atoms with van der Waals surface area (Å²) in [6.45, 7) is 10.1. The first-order valence-electron chi connectivity index (χ1n) is 4.13. The van der Waals surface area contributed by atoms with Gasteiger partial charge < -0.3 is 5.73 Å². The Hall–Kier alpha value is -0.560. The standard InChI is InChI=1S/C10H19N/c1-5-9(4)7-10(11)6-8(2)3/h7,10H,2,5-6,11H2,1,3-4H3. The van der Waals surface area contributed by atoms with Gasteiger partial charge in [0.25, 0.3) is 0 Å². The van der Waals surface area contributed by atoms with Crippen molar-refractivity contribution in [2.75, 3.05) is 0 Å². The summed E-state index contributed by atoms with van der Waals surface area (Å²) < 4.78 is 0. The molecular formula is C10H19N. The van der Waals surface area contributed by atoms with Gasteiger partial charge in [-0.2, -0.15) is 0 Å². The molecule has 0 saturated carbocycles. The fourth-order valence-corrected chi connectivity index (χ4v) is 0.945. The molecule has 0 bridgehead atoms. The van der Waals surface area contributed by atoms with E-state index in [-0.39, 0.29) is 6.04 Å². The molecule has 0 aromatic heterocycles. The van der Waals surface area contributed by atoms with Crippen LogP contribution in [0.3, 0.4) is 0 Å². The Morgan fingerprint density at radius 3 is 2.45 bits per heavy atom. The van der Waals surface area contributed by atoms with Gasteiger partial charge in [0.2, 0.25) is 0 Å². The SMILES string of the molecule is C=C(C)CC(N)C=C(C)CC. The highest BCUT2D eigenvalue weighted by Gasteiger charge is 1.97. The average molecular weight is 153 g/mol. The molecule has 0 radical (unpaired) electrons. The zero-order valence-corrected chi connectivity index (χ0v) is 7.85. The normalized spacial score (nSPS) is 14.7. The highest BCUT2D eigenvalue weighted by Crippen LogP contribution is 2.05. The molecule has 1 unspecified atom stereocenters. The van der Waals surface area contributed by atoms with Gasteiger partial charge in [-0.05, 0) is 26.7 Å². The molecule has 0 aliphatic heterocycles. The summed E-state index contributed by atoms with van der Waals surface area (Å²) in [4.78, 5) is 0. The maximum atomic E-state index is 5.81. The van der Waals surface area contributed by atoms with E-state index in [0.717, 1.165) is 18.4 Å². The molecule has 1 nitrogen and oxygen atoms in total. The summed E-state index contributed by atoms with van der Waals surface area (Å²) in [6, 6.07) is 0.160. The number of hydrogen-bond donors (Lipinski definition) is 1. The van der Waals surface area contributed by atoms with Crippen molar-refractivity contribution >= 4 is 0 Å². The van der Waals surface area contributed by atoms with E-state index >= 15 is 0 Å². The van der Waals surface area contributed by atoms with Crippen LogP contribution in [-0.4, -0.2) is 6.04 Å². The number of rotatable bonds is 4. The lowest BCUT2D eigenvalue weighted by atomic mass is 10.1. The van der Waals surface area contributed by atoms with E-state index in [4.69, 9.17) is 5.73 Å². The second kappa shape index (κ2) is 5.14. The van der Waals surface area contributed by atoms with Crippen LogP contribution in [0.4, 0.5) is 0 Å². The van der Waals surface area contributed by atoms with Gasteiger partial charge in [-0.3, -0.25) is 0 Å². The second-order valence-electron chi connectivity index (χ2n) is 3.19. The highest BCUT2D eigenvalue weighted by atomic mass is 14.6. The summed E-state index contributed by atoms with van der Waals surface area (Å²) in [7, 11) is 0. The van der Waals surface area contributed by atoms with Crippen LogP contribution in [0.5, 0.6) is 0 Å². The summed E-state index contributed by atoms with van der Waals surface area (Å²) in [5.74, 6) is 0. The molecule has 0 spiro atoms. The maximum Gasteiger partial charge on any atom is 0.0263 e. The molecule has 11 heavy (non-hydrogen) atoms. The molecule has 0 aromatic carbocycles. The monoisotopic (exact) mass is 153 g/mol. The topological polar surface area (TPSA) is 26.0 Å². The highest BCUT2D eigenvalue weighted by molar-refractivity contribution is 5.06. The Bertz CT molecular complexity index is 156. The van der Waals surface area contributed by atoms with Gasteiger partial charge >= 0.3 is 0 Å². The first-order valence-corrected chi connectivity index (χ1v) is 4.13. The maximum absolute atomic E-state index is 5.81. The lowest BCUT2D eigenvalue weighted by Gasteiger charge is -2.06.